The molecule has 2 fully saturated rings. The summed E-state index contributed by atoms with van der Waals surface area (Å²) in [5, 5.41) is 0. The molecule has 2 aromatic rings. The second-order valence-electron chi connectivity index (χ2n) is 10.0. The molecule has 0 nitrogen and oxygen atoms in total. The standard InChI is InChI=1S/C29H34F4/c1-2-3-4-5-19-6-8-20(9-7-19)21-10-12-22(13-11-21)23-14-15-25(26(30)16-23)24-17-27(31)29(33)28(32)18-24/h2-3,14-22H,4-13H2,1H3/b3-2+. The predicted octanol–water partition coefficient (Wildman–Crippen LogP) is 9.35. The maximum absolute atomic E-state index is 14.8. The smallest absolute Gasteiger partial charge is 0.194 e. The van der Waals surface area contributed by atoms with E-state index in [-0.39, 0.29) is 11.1 Å². The van der Waals surface area contributed by atoms with Crippen molar-refractivity contribution < 1.29 is 17.6 Å². The van der Waals surface area contributed by atoms with E-state index in [1.54, 1.807) is 6.07 Å². The summed E-state index contributed by atoms with van der Waals surface area (Å²) in [5.41, 5.74) is 1.06. The van der Waals surface area contributed by atoms with Crippen LogP contribution in [0.2, 0.25) is 0 Å². The topological polar surface area (TPSA) is 0 Å². The van der Waals surface area contributed by atoms with Gasteiger partial charge in [0.2, 0.25) is 0 Å². The molecule has 178 valence electrons. The molecule has 2 aliphatic carbocycles. The molecule has 0 atom stereocenters. The van der Waals surface area contributed by atoms with Gasteiger partial charge in [-0.2, -0.15) is 0 Å². The van der Waals surface area contributed by atoms with E-state index in [4.69, 9.17) is 0 Å². The van der Waals surface area contributed by atoms with Crippen LogP contribution in [0, 0.1) is 41.0 Å². The van der Waals surface area contributed by atoms with E-state index < -0.39 is 23.3 Å². The van der Waals surface area contributed by atoms with Crippen molar-refractivity contribution in [1.82, 2.24) is 0 Å². The molecule has 0 unspecified atom stereocenters. The molecule has 33 heavy (non-hydrogen) atoms. The van der Waals surface area contributed by atoms with Crippen LogP contribution in [-0.4, -0.2) is 0 Å². The van der Waals surface area contributed by atoms with Crippen LogP contribution in [0.5, 0.6) is 0 Å². The highest BCUT2D eigenvalue weighted by molar-refractivity contribution is 5.65. The summed E-state index contributed by atoms with van der Waals surface area (Å²) >= 11 is 0. The van der Waals surface area contributed by atoms with Crippen molar-refractivity contribution in [3.05, 3.63) is 71.3 Å². The largest absolute Gasteiger partial charge is 0.206 e. The van der Waals surface area contributed by atoms with Gasteiger partial charge in [0.1, 0.15) is 5.82 Å². The van der Waals surface area contributed by atoms with Crippen LogP contribution >= 0.6 is 0 Å². The Balaban J connectivity index is 1.33. The third kappa shape index (κ3) is 5.70. The molecule has 0 saturated heterocycles. The van der Waals surface area contributed by atoms with E-state index in [1.807, 2.05) is 6.07 Å². The maximum atomic E-state index is 14.8. The molecule has 0 spiro atoms. The van der Waals surface area contributed by atoms with Crippen molar-refractivity contribution in [2.24, 2.45) is 17.8 Å². The number of rotatable bonds is 6. The number of benzene rings is 2. The first-order chi connectivity index (χ1) is 16.0. The average molecular weight is 459 g/mol. The summed E-state index contributed by atoms with van der Waals surface area (Å²) in [5.74, 6) is -1.83. The summed E-state index contributed by atoms with van der Waals surface area (Å²) in [6, 6.07) is 6.61. The molecule has 2 aliphatic rings. The summed E-state index contributed by atoms with van der Waals surface area (Å²) in [6.45, 7) is 2.09. The Morgan fingerprint density at radius 3 is 1.94 bits per heavy atom. The second kappa shape index (κ2) is 10.9. The minimum Gasteiger partial charge on any atom is -0.206 e. The van der Waals surface area contributed by atoms with Gasteiger partial charge in [0.15, 0.2) is 17.5 Å². The summed E-state index contributed by atoms with van der Waals surface area (Å²) in [6.07, 6.45) is 16.9. The summed E-state index contributed by atoms with van der Waals surface area (Å²) < 4.78 is 55.2. The highest BCUT2D eigenvalue weighted by atomic mass is 19.2. The Hall–Kier alpha value is -2.10. The molecule has 0 amide bonds. The molecule has 0 heterocycles. The lowest BCUT2D eigenvalue weighted by molar-refractivity contribution is 0.157. The lowest BCUT2D eigenvalue weighted by atomic mass is 9.68. The molecular weight excluding hydrogens is 424 g/mol. The third-order valence-corrected chi connectivity index (χ3v) is 8.07. The van der Waals surface area contributed by atoms with Crippen LogP contribution < -0.4 is 0 Å². The zero-order valence-corrected chi connectivity index (χ0v) is 19.4. The Morgan fingerprint density at radius 2 is 1.36 bits per heavy atom. The van der Waals surface area contributed by atoms with Gasteiger partial charge in [-0.25, -0.2) is 17.6 Å². The van der Waals surface area contributed by atoms with Crippen LogP contribution in [0.1, 0.15) is 82.6 Å². The van der Waals surface area contributed by atoms with Crippen molar-refractivity contribution in [2.75, 3.05) is 0 Å². The molecule has 0 aliphatic heterocycles. The van der Waals surface area contributed by atoms with Gasteiger partial charge in [0.05, 0.1) is 0 Å². The Kier molecular flexibility index (Phi) is 7.93. The molecule has 4 heteroatoms. The van der Waals surface area contributed by atoms with Gasteiger partial charge >= 0.3 is 0 Å². The SMILES string of the molecule is C/C=C/CCC1CCC(C2CCC(c3ccc(-c4cc(F)c(F)c(F)c4)c(F)c3)CC2)CC1. The molecule has 0 bridgehead atoms. The fourth-order valence-electron chi connectivity index (χ4n) is 6.10. The van der Waals surface area contributed by atoms with Crippen molar-refractivity contribution in [3.63, 3.8) is 0 Å². The van der Waals surface area contributed by atoms with Crippen molar-refractivity contribution >= 4 is 0 Å². The summed E-state index contributed by atoms with van der Waals surface area (Å²) in [4.78, 5) is 0. The first kappa shape index (κ1) is 24.0. The van der Waals surface area contributed by atoms with Crippen LogP contribution in [0.3, 0.4) is 0 Å². The quantitative estimate of drug-likeness (QED) is 0.230. The van der Waals surface area contributed by atoms with Crippen molar-refractivity contribution in [3.8, 4) is 11.1 Å². The fourth-order valence-corrected chi connectivity index (χ4v) is 6.10. The lowest BCUT2D eigenvalue weighted by Crippen LogP contribution is -2.25. The van der Waals surface area contributed by atoms with Crippen molar-refractivity contribution in [2.45, 2.75) is 77.0 Å². The highest BCUT2D eigenvalue weighted by Crippen LogP contribution is 2.45. The Labute approximate surface area is 195 Å². The molecule has 0 N–H and O–H groups in total. The van der Waals surface area contributed by atoms with Crippen LogP contribution in [0.15, 0.2) is 42.5 Å². The predicted molar refractivity (Wildman–Crippen MR) is 126 cm³/mol. The lowest BCUT2D eigenvalue weighted by Gasteiger charge is -2.38. The van der Waals surface area contributed by atoms with Gasteiger partial charge in [-0.15, -0.1) is 0 Å². The average Bonchev–Trinajstić information content (AvgIpc) is 2.83. The Bertz CT molecular complexity index is 941. The molecule has 2 saturated carbocycles. The maximum Gasteiger partial charge on any atom is 0.194 e. The van der Waals surface area contributed by atoms with E-state index >= 15 is 0 Å². The van der Waals surface area contributed by atoms with Crippen molar-refractivity contribution in [1.29, 1.82) is 0 Å². The zero-order valence-electron chi connectivity index (χ0n) is 19.4. The van der Waals surface area contributed by atoms with Gasteiger partial charge < -0.3 is 0 Å². The first-order valence-electron chi connectivity index (χ1n) is 12.5. The number of allylic oxidation sites excluding steroid dienone is 2. The van der Waals surface area contributed by atoms with Gasteiger partial charge in [0, 0.05) is 5.56 Å². The number of hydrogen-bond acceptors (Lipinski definition) is 0. The highest BCUT2D eigenvalue weighted by Gasteiger charge is 2.31. The van der Waals surface area contributed by atoms with Crippen LogP contribution in [-0.2, 0) is 0 Å². The van der Waals surface area contributed by atoms with E-state index in [2.05, 4.69) is 19.1 Å². The van der Waals surface area contributed by atoms with Gasteiger partial charge in [0.25, 0.3) is 0 Å². The number of halogens is 4. The zero-order chi connectivity index (χ0) is 23.4. The fraction of sp³-hybridized carbons (Fsp3) is 0.517. The normalized spacial score (nSPS) is 26.1. The van der Waals surface area contributed by atoms with Crippen LogP contribution in [0.4, 0.5) is 17.6 Å². The van der Waals surface area contributed by atoms with E-state index in [9.17, 15) is 17.6 Å². The van der Waals surface area contributed by atoms with Crippen LogP contribution in [0.25, 0.3) is 11.1 Å². The molecule has 2 aromatic carbocycles. The minimum atomic E-state index is -1.53. The van der Waals surface area contributed by atoms with Gasteiger partial charge in [-0.1, -0.05) is 37.1 Å². The molecule has 0 aromatic heterocycles. The minimum absolute atomic E-state index is 0.0143. The van der Waals surface area contributed by atoms with E-state index in [1.165, 1.54) is 57.4 Å². The molecule has 4 rings (SSSR count). The second-order valence-corrected chi connectivity index (χ2v) is 10.0. The molecule has 0 radical (unpaired) electrons. The Morgan fingerprint density at radius 1 is 0.758 bits per heavy atom. The summed E-state index contributed by atoms with van der Waals surface area (Å²) in [7, 11) is 0. The first-order valence-corrected chi connectivity index (χ1v) is 12.5. The van der Waals surface area contributed by atoms with E-state index in [0.29, 0.717) is 5.92 Å². The third-order valence-electron chi connectivity index (χ3n) is 8.07. The van der Waals surface area contributed by atoms with Gasteiger partial charge in [-0.3, -0.25) is 0 Å². The monoisotopic (exact) mass is 458 g/mol. The number of hydrogen-bond donors (Lipinski definition) is 0. The van der Waals surface area contributed by atoms with E-state index in [0.717, 1.165) is 48.3 Å². The van der Waals surface area contributed by atoms with Gasteiger partial charge in [-0.05, 0) is 111 Å². The molecular formula is C29H34F4.